The van der Waals surface area contributed by atoms with Crippen molar-refractivity contribution in [2.75, 3.05) is 7.05 Å². The van der Waals surface area contributed by atoms with Crippen LogP contribution in [0, 0.1) is 0 Å². The van der Waals surface area contributed by atoms with Gasteiger partial charge in [0.25, 0.3) is 0 Å². The number of nitrogens with one attached hydrogen (secondary N) is 1. The summed E-state index contributed by atoms with van der Waals surface area (Å²) in [5, 5.41) is 11.9. The van der Waals surface area contributed by atoms with Gasteiger partial charge in [0.2, 0.25) is 0 Å². The SMILES string of the molecule is CCC(O)/C(=C/N)NC. The summed E-state index contributed by atoms with van der Waals surface area (Å²) in [5.41, 5.74) is 5.85. The summed E-state index contributed by atoms with van der Waals surface area (Å²) >= 11 is 0. The van der Waals surface area contributed by atoms with E-state index >= 15 is 0 Å². The Kier molecular flexibility index (Phi) is 3.88. The van der Waals surface area contributed by atoms with Gasteiger partial charge >= 0.3 is 0 Å². The summed E-state index contributed by atoms with van der Waals surface area (Å²) in [6.45, 7) is 1.89. The van der Waals surface area contributed by atoms with Crippen LogP contribution in [0.2, 0.25) is 0 Å². The van der Waals surface area contributed by atoms with E-state index in [1.165, 1.54) is 6.20 Å². The number of likely N-dealkylation sites (N-methyl/N-ethyl adjacent to an activating group) is 1. The van der Waals surface area contributed by atoms with Gasteiger partial charge in [0.15, 0.2) is 0 Å². The average Bonchev–Trinajstić information content (AvgIpc) is 1.90. The van der Waals surface area contributed by atoms with E-state index in [1.807, 2.05) is 6.92 Å². The predicted molar refractivity (Wildman–Crippen MR) is 37.6 cm³/mol. The van der Waals surface area contributed by atoms with Crippen LogP contribution in [0.3, 0.4) is 0 Å². The summed E-state index contributed by atoms with van der Waals surface area (Å²) < 4.78 is 0. The number of hydrogen-bond donors (Lipinski definition) is 3. The molecule has 0 spiro atoms. The second kappa shape index (κ2) is 4.21. The van der Waals surface area contributed by atoms with Gasteiger partial charge in [-0.15, -0.1) is 0 Å². The average molecular weight is 130 g/mol. The third-order valence-corrected chi connectivity index (χ3v) is 1.21. The van der Waals surface area contributed by atoms with Crippen molar-refractivity contribution >= 4 is 0 Å². The molecule has 0 heterocycles. The lowest BCUT2D eigenvalue weighted by Gasteiger charge is -2.10. The highest BCUT2D eigenvalue weighted by molar-refractivity contribution is 5.01. The number of aliphatic hydroxyl groups is 1. The molecular formula is C6H14N2O. The van der Waals surface area contributed by atoms with Gasteiger partial charge in [0.05, 0.1) is 11.8 Å². The molecule has 0 saturated carbocycles. The first-order valence-corrected chi connectivity index (χ1v) is 3.03. The topological polar surface area (TPSA) is 58.3 Å². The smallest absolute Gasteiger partial charge is 0.0946 e. The zero-order valence-electron chi connectivity index (χ0n) is 5.89. The molecule has 3 heteroatoms. The van der Waals surface area contributed by atoms with E-state index in [2.05, 4.69) is 5.32 Å². The van der Waals surface area contributed by atoms with Crippen molar-refractivity contribution in [3.05, 3.63) is 11.9 Å². The molecule has 0 bridgehead atoms. The van der Waals surface area contributed by atoms with E-state index < -0.39 is 6.10 Å². The lowest BCUT2D eigenvalue weighted by molar-refractivity contribution is 0.199. The highest BCUT2D eigenvalue weighted by Gasteiger charge is 2.03. The van der Waals surface area contributed by atoms with Gasteiger partial charge in [-0.05, 0) is 6.42 Å². The first-order valence-electron chi connectivity index (χ1n) is 3.03. The molecule has 0 amide bonds. The van der Waals surface area contributed by atoms with Crippen LogP contribution in [0.4, 0.5) is 0 Å². The molecule has 4 N–H and O–H groups in total. The molecule has 1 unspecified atom stereocenters. The van der Waals surface area contributed by atoms with Crippen LogP contribution < -0.4 is 11.1 Å². The van der Waals surface area contributed by atoms with Gasteiger partial charge in [-0.2, -0.15) is 0 Å². The standard InChI is InChI=1S/C6H14N2O/c1-3-6(9)5(4-7)8-2/h4,6,8-9H,3,7H2,1-2H3/b5-4-. The Morgan fingerprint density at radius 1 is 1.89 bits per heavy atom. The van der Waals surface area contributed by atoms with Crippen LogP contribution in [0.1, 0.15) is 13.3 Å². The van der Waals surface area contributed by atoms with Gasteiger partial charge < -0.3 is 16.2 Å². The zero-order chi connectivity index (χ0) is 7.28. The van der Waals surface area contributed by atoms with E-state index in [-0.39, 0.29) is 0 Å². The fourth-order valence-corrected chi connectivity index (χ4v) is 0.581. The molecule has 3 nitrogen and oxygen atoms in total. The molecule has 0 fully saturated rings. The molecule has 0 aliphatic heterocycles. The van der Waals surface area contributed by atoms with Crippen LogP contribution in [0.5, 0.6) is 0 Å². The Bertz CT molecular complexity index is 101. The van der Waals surface area contributed by atoms with Gasteiger partial charge in [-0.3, -0.25) is 0 Å². The molecule has 9 heavy (non-hydrogen) atoms. The van der Waals surface area contributed by atoms with Gasteiger partial charge in [0.1, 0.15) is 0 Å². The minimum Gasteiger partial charge on any atom is -0.403 e. The van der Waals surface area contributed by atoms with Crippen molar-refractivity contribution in [2.24, 2.45) is 5.73 Å². The van der Waals surface area contributed by atoms with Crippen LogP contribution in [-0.4, -0.2) is 18.3 Å². The molecule has 0 aliphatic rings. The van der Waals surface area contributed by atoms with Crippen molar-refractivity contribution in [1.29, 1.82) is 0 Å². The first kappa shape index (κ1) is 8.30. The molecular weight excluding hydrogens is 116 g/mol. The molecule has 0 rings (SSSR count). The third-order valence-electron chi connectivity index (χ3n) is 1.21. The van der Waals surface area contributed by atoms with E-state index in [0.29, 0.717) is 12.1 Å². The number of nitrogens with two attached hydrogens (primary N) is 1. The van der Waals surface area contributed by atoms with E-state index in [9.17, 15) is 0 Å². The Morgan fingerprint density at radius 3 is 2.56 bits per heavy atom. The van der Waals surface area contributed by atoms with Crippen molar-refractivity contribution in [1.82, 2.24) is 5.32 Å². The summed E-state index contributed by atoms with van der Waals surface area (Å²) in [6.07, 6.45) is 1.62. The number of aliphatic hydroxyl groups excluding tert-OH is 1. The molecule has 54 valence electrons. The van der Waals surface area contributed by atoms with E-state index in [0.717, 1.165) is 0 Å². The van der Waals surface area contributed by atoms with E-state index in [4.69, 9.17) is 10.8 Å². The molecule has 0 aliphatic carbocycles. The van der Waals surface area contributed by atoms with Crippen molar-refractivity contribution in [2.45, 2.75) is 19.4 Å². The Labute approximate surface area is 55.6 Å². The number of rotatable bonds is 3. The Hall–Kier alpha value is -0.700. The largest absolute Gasteiger partial charge is 0.403 e. The molecule has 0 aromatic heterocycles. The van der Waals surface area contributed by atoms with Gasteiger partial charge in [0, 0.05) is 13.2 Å². The Morgan fingerprint density at radius 2 is 2.44 bits per heavy atom. The lowest BCUT2D eigenvalue weighted by atomic mass is 10.2. The minimum atomic E-state index is -0.444. The normalized spacial score (nSPS) is 15.2. The highest BCUT2D eigenvalue weighted by Crippen LogP contribution is 1.98. The van der Waals surface area contributed by atoms with Gasteiger partial charge in [-0.1, -0.05) is 6.92 Å². The third kappa shape index (κ3) is 2.37. The van der Waals surface area contributed by atoms with E-state index in [1.54, 1.807) is 7.05 Å². The van der Waals surface area contributed by atoms with Gasteiger partial charge in [-0.25, -0.2) is 0 Å². The second-order valence-corrected chi connectivity index (χ2v) is 1.80. The summed E-state index contributed by atoms with van der Waals surface area (Å²) in [4.78, 5) is 0. The lowest BCUT2D eigenvalue weighted by Crippen LogP contribution is -2.21. The van der Waals surface area contributed by atoms with Crippen LogP contribution >= 0.6 is 0 Å². The highest BCUT2D eigenvalue weighted by atomic mass is 16.3. The molecule has 0 aromatic carbocycles. The maximum Gasteiger partial charge on any atom is 0.0946 e. The zero-order valence-corrected chi connectivity index (χ0v) is 5.89. The number of hydrogen-bond acceptors (Lipinski definition) is 3. The fourth-order valence-electron chi connectivity index (χ4n) is 0.581. The molecule has 0 radical (unpaired) electrons. The van der Waals surface area contributed by atoms with Crippen molar-refractivity contribution < 1.29 is 5.11 Å². The molecule has 0 saturated heterocycles. The summed E-state index contributed by atoms with van der Waals surface area (Å²) in [7, 11) is 1.73. The van der Waals surface area contributed by atoms with Crippen molar-refractivity contribution in [3.63, 3.8) is 0 Å². The fraction of sp³-hybridized carbons (Fsp3) is 0.667. The quantitative estimate of drug-likeness (QED) is 0.495. The summed E-state index contributed by atoms with van der Waals surface area (Å²) in [5.74, 6) is 0. The van der Waals surface area contributed by atoms with Crippen LogP contribution in [0.15, 0.2) is 11.9 Å². The monoisotopic (exact) mass is 130 g/mol. The minimum absolute atomic E-state index is 0.444. The van der Waals surface area contributed by atoms with Crippen LogP contribution in [-0.2, 0) is 0 Å². The Balaban J connectivity index is 3.80. The maximum absolute atomic E-state index is 9.11. The summed E-state index contributed by atoms with van der Waals surface area (Å²) in [6, 6.07) is 0. The first-order chi connectivity index (χ1) is 4.26. The maximum atomic E-state index is 9.11. The molecule has 1 atom stereocenters. The predicted octanol–water partition coefficient (Wildman–Crippen LogP) is -0.223. The molecule has 0 aromatic rings. The second-order valence-electron chi connectivity index (χ2n) is 1.80. The van der Waals surface area contributed by atoms with Crippen LogP contribution in [0.25, 0.3) is 0 Å². The van der Waals surface area contributed by atoms with Crippen molar-refractivity contribution in [3.8, 4) is 0 Å².